The van der Waals surface area contributed by atoms with Crippen LogP contribution in [-0.4, -0.2) is 73.6 Å². The number of carbonyl (C=O) groups is 3. The Morgan fingerprint density at radius 1 is 0.596 bits per heavy atom. The van der Waals surface area contributed by atoms with E-state index in [-0.39, 0.29) is 49.4 Å². The van der Waals surface area contributed by atoms with Gasteiger partial charge in [-0.05, 0) is 85.4 Å². The van der Waals surface area contributed by atoms with E-state index in [9.17, 15) is 14.4 Å². The topological polar surface area (TPSA) is 76.2 Å². The Kier molecular flexibility index (Phi) is 31.3. The van der Waals surface area contributed by atoms with Gasteiger partial charge in [-0.25, -0.2) is 0 Å². The van der Waals surface area contributed by atoms with Crippen LogP contribution >= 0.6 is 0 Å². The van der Waals surface area contributed by atoms with Crippen molar-refractivity contribution in [3.05, 3.63) is 12.2 Å². The fourth-order valence-corrected chi connectivity index (χ4v) is 5.84. The molecule has 2 atom stereocenters. The summed E-state index contributed by atoms with van der Waals surface area (Å²) in [7, 11) is 4.02. The number of allylic oxidation sites excluding steroid dienone is 2. The normalized spacial score (nSPS) is 12.8. The molecule has 7 nitrogen and oxygen atoms in total. The monoisotopic (exact) mass is 665 g/mol. The number of hydrogen-bond donors (Lipinski definition) is 0. The summed E-state index contributed by atoms with van der Waals surface area (Å²) in [5.74, 6) is -0.573. The third-order valence-corrected chi connectivity index (χ3v) is 8.82. The molecule has 0 radical (unpaired) electrons. The average molecular weight is 665 g/mol. The van der Waals surface area contributed by atoms with Gasteiger partial charge in [-0.3, -0.25) is 14.4 Å². The molecule has 0 aliphatic rings. The SMILES string of the molecule is CCCCCCCC/C=C\CCCCCCCC(=O)OCC(C)N(CCCN(C)C)C(=O)CCC(=O)OC(CCC)CCCCCC. The summed E-state index contributed by atoms with van der Waals surface area (Å²) in [6.45, 7) is 10.1. The van der Waals surface area contributed by atoms with Gasteiger partial charge in [0.2, 0.25) is 5.91 Å². The van der Waals surface area contributed by atoms with E-state index in [0.717, 1.165) is 70.8 Å². The summed E-state index contributed by atoms with van der Waals surface area (Å²) < 4.78 is 11.4. The largest absolute Gasteiger partial charge is 0.463 e. The predicted molar refractivity (Wildman–Crippen MR) is 198 cm³/mol. The highest BCUT2D eigenvalue weighted by molar-refractivity contribution is 5.81. The van der Waals surface area contributed by atoms with Crippen molar-refractivity contribution in [3.63, 3.8) is 0 Å². The number of ether oxygens (including phenoxy) is 2. The number of nitrogens with zero attached hydrogens (tertiary/aromatic N) is 2. The van der Waals surface area contributed by atoms with E-state index >= 15 is 0 Å². The molecule has 2 unspecified atom stereocenters. The lowest BCUT2D eigenvalue weighted by Gasteiger charge is -2.29. The van der Waals surface area contributed by atoms with Crippen molar-refractivity contribution in [2.45, 2.75) is 194 Å². The molecule has 276 valence electrons. The Morgan fingerprint density at radius 2 is 1.17 bits per heavy atom. The predicted octanol–water partition coefficient (Wildman–Crippen LogP) is 10.2. The molecule has 1 amide bonds. The summed E-state index contributed by atoms with van der Waals surface area (Å²) in [4.78, 5) is 42.2. The first kappa shape index (κ1) is 45.1. The molecule has 0 spiro atoms. The quantitative estimate of drug-likeness (QED) is 0.0395. The molecule has 0 aliphatic carbocycles. The maximum absolute atomic E-state index is 13.3. The molecule has 0 aliphatic heterocycles. The molecule has 0 aromatic heterocycles. The molecule has 0 aromatic rings. The molecule has 7 heteroatoms. The van der Waals surface area contributed by atoms with Crippen molar-refractivity contribution in [1.82, 2.24) is 9.80 Å². The van der Waals surface area contributed by atoms with E-state index in [1.807, 2.05) is 21.0 Å². The van der Waals surface area contributed by atoms with Crippen LogP contribution in [0.2, 0.25) is 0 Å². The second kappa shape index (κ2) is 32.6. The molecular weight excluding hydrogens is 588 g/mol. The van der Waals surface area contributed by atoms with Gasteiger partial charge in [0, 0.05) is 19.4 Å². The first-order valence-electron chi connectivity index (χ1n) is 19.7. The molecule has 0 heterocycles. The summed E-state index contributed by atoms with van der Waals surface area (Å²) >= 11 is 0. The van der Waals surface area contributed by atoms with Crippen LogP contribution in [0.4, 0.5) is 0 Å². The molecule has 0 rings (SSSR count). The summed E-state index contributed by atoms with van der Waals surface area (Å²) in [6.07, 6.45) is 29.3. The van der Waals surface area contributed by atoms with E-state index in [4.69, 9.17) is 9.47 Å². The van der Waals surface area contributed by atoms with Crippen molar-refractivity contribution < 1.29 is 23.9 Å². The smallest absolute Gasteiger partial charge is 0.306 e. The van der Waals surface area contributed by atoms with E-state index in [1.165, 1.54) is 70.6 Å². The fraction of sp³-hybridized carbons (Fsp3) is 0.875. The van der Waals surface area contributed by atoms with Crippen molar-refractivity contribution in [2.75, 3.05) is 33.8 Å². The van der Waals surface area contributed by atoms with Crippen molar-refractivity contribution in [2.24, 2.45) is 0 Å². The number of carbonyl (C=O) groups excluding carboxylic acids is 3. The van der Waals surface area contributed by atoms with Crippen molar-refractivity contribution >= 4 is 17.8 Å². The summed E-state index contributed by atoms with van der Waals surface area (Å²) in [5, 5.41) is 0. The zero-order valence-corrected chi connectivity index (χ0v) is 31.8. The minimum atomic E-state index is -0.292. The Balaban J connectivity index is 4.39. The Labute approximate surface area is 291 Å². The number of hydrogen-bond acceptors (Lipinski definition) is 6. The van der Waals surface area contributed by atoms with Gasteiger partial charge in [0.1, 0.15) is 12.7 Å². The van der Waals surface area contributed by atoms with Crippen LogP contribution in [0.3, 0.4) is 0 Å². The third kappa shape index (κ3) is 28.8. The van der Waals surface area contributed by atoms with Crippen molar-refractivity contribution in [1.29, 1.82) is 0 Å². The van der Waals surface area contributed by atoms with Crippen LogP contribution in [0.25, 0.3) is 0 Å². The summed E-state index contributed by atoms with van der Waals surface area (Å²) in [6, 6.07) is -0.245. The Morgan fingerprint density at radius 3 is 1.77 bits per heavy atom. The van der Waals surface area contributed by atoms with Gasteiger partial charge in [-0.2, -0.15) is 0 Å². The minimum absolute atomic E-state index is 0.0596. The first-order chi connectivity index (χ1) is 22.7. The highest BCUT2D eigenvalue weighted by Crippen LogP contribution is 2.16. The standard InChI is InChI=1S/C40H76N2O5/c1-7-10-12-14-15-16-17-18-19-20-21-22-23-24-26-30-39(44)46-35-36(4)42(34-27-33-41(5)6)38(43)31-32-40(45)47-37(28-9-3)29-25-13-11-8-2/h18-19,36-37H,7-17,20-35H2,1-6H3/b19-18-. The number of rotatable bonds is 33. The van der Waals surface area contributed by atoms with E-state index < -0.39 is 0 Å². The average Bonchev–Trinajstić information content (AvgIpc) is 3.04. The van der Waals surface area contributed by atoms with Crippen LogP contribution < -0.4 is 0 Å². The number of esters is 2. The van der Waals surface area contributed by atoms with Gasteiger partial charge in [0.15, 0.2) is 0 Å². The van der Waals surface area contributed by atoms with Crippen molar-refractivity contribution in [3.8, 4) is 0 Å². The lowest BCUT2D eigenvalue weighted by atomic mass is 10.1. The number of unbranched alkanes of at least 4 members (excludes halogenated alkanes) is 14. The molecule has 0 saturated carbocycles. The molecule has 47 heavy (non-hydrogen) atoms. The second-order valence-electron chi connectivity index (χ2n) is 13.9. The van der Waals surface area contributed by atoms with E-state index in [1.54, 1.807) is 4.90 Å². The Hall–Kier alpha value is -1.89. The molecule has 0 N–H and O–H groups in total. The van der Waals surface area contributed by atoms with Gasteiger partial charge in [0.25, 0.3) is 0 Å². The summed E-state index contributed by atoms with van der Waals surface area (Å²) in [5.41, 5.74) is 0. The van der Waals surface area contributed by atoms with Gasteiger partial charge < -0.3 is 19.3 Å². The number of amides is 1. The van der Waals surface area contributed by atoms with Crippen LogP contribution in [-0.2, 0) is 23.9 Å². The molecule has 0 aromatic carbocycles. The van der Waals surface area contributed by atoms with Gasteiger partial charge in [0.05, 0.1) is 12.5 Å². The lowest BCUT2D eigenvalue weighted by Crippen LogP contribution is -2.43. The fourth-order valence-electron chi connectivity index (χ4n) is 5.84. The highest BCUT2D eigenvalue weighted by atomic mass is 16.5. The highest BCUT2D eigenvalue weighted by Gasteiger charge is 2.23. The van der Waals surface area contributed by atoms with Crippen LogP contribution in [0.5, 0.6) is 0 Å². The molecular formula is C40H76N2O5. The van der Waals surface area contributed by atoms with Crippen LogP contribution in [0, 0.1) is 0 Å². The third-order valence-electron chi connectivity index (χ3n) is 8.82. The Bertz CT molecular complexity index is 785. The zero-order valence-electron chi connectivity index (χ0n) is 31.8. The maximum atomic E-state index is 13.3. The van der Waals surface area contributed by atoms with E-state index in [0.29, 0.717) is 13.0 Å². The molecule has 0 fully saturated rings. The minimum Gasteiger partial charge on any atom is -0.463 e. The maximum Gasteiger partial charge on any atom is 0.306 e. The van der Waals surface area contributed by atoms with Gasteiger partial charge >= 0.3 is 11.9 Å². The van der Waals surface area contributed by atoms with Crippen LogP contribution in [0.1, 0.15) is 182 Å². The van der Waals surface area contributed by atoms with Gasteiger partial charge in [-0.15, -0.1) is 0 Å². The first-order valence-corrected chi connectivity index (χ1v) is 19.7. The lowest BCUT2D eigenvalue weighted by molar-refractivity contribution is -0.152. The van der Waals surface area contributed by atoms with E-state index in [2.05, 4.69) is 37.8 Å². The molecule has 0 bridgehead atoms. The van der Waals surface area contributed by atoms with Crippen LogP contribution in [0.15, 0.2) is 12.2 Å². The zero-order chi connectivity index (χ0) is 35.0. The second-order valence-corrected chi connectivity index (χ2v) is 13.9. The van der Waals surface area contributed by atoms with Gasteiger partial charge in [-0.1, -0.05) is 110 Å². The molecule has 0 saturated heterocycles.